The van der Waals surface area contributed by atoms with Gasteiger partial charge in [0.15, 0.2) is 5.69 Å². The van der Waals surface area contributed by atoms with Gasteiger partial charge in [-0.3, -0.25) is 0 Å². The van der Waals surface area contributed by atoms with Gasteiger partial charge in [0, 0.05) is 6.07 Å². The Morgan fingerprint density at radius 2 is 2.25 bits per heavy atom. The number of aromatic carboxylic acids is 1. The molecule has 1 heterocycles. The van der Waals surface area contributed by atoms with E-state index in [4.69, 9.17) is 16.7 Å². The van der Waals surface area contributed by atoms with Gasteiger partial charge in [0.05, 0.1) is 16.9 Å². The topological polar surface area (TPSA) is 68.0 Å². The van der Waals surface area contributed by atoms with Crippen molar-refractivity contribution in [3.05, 3.63) is 40.9 Å². The van der Waals surface area contributed by atoms with Gasteiger partial charge < -0.3 is 5.11 Å². The Labute approximate surface area is 94.1 Å². The summed E-state index contributed by atoms with van der Waals surface area (Å²) >= 11 is 5.51. The van der Waals surface area contributed by atoms with Crippen LogP contribution in [0.4, 0.5) is 4.39 Å². The van der Waals surface area contributed by atoms with Crippen LogP contribution in [0.5, 0.6) is 0 Å². The van der Waals surface area contributed by atoms with Crippen molar-refractivity contribution in [3.63, 3.8) is 0 Å². The fraction of sp³-hybridized carbons (Fsp3) is 0. The molecular weight excluding hydrogens is 237 g/mol. The summed E-state index contributed by atoms with van der Waals surface area (Å²) in [6.07, 6.45) is 1.08. The van der Waals surface area contributed by atoms with Crippen LogP contribution in [0.1, 0.15) is 10.5 Å². The summed E-state index contributed by atoms with van der Waals surface area (Å²) in [6, 6.07) is 3.86. The number of carbonyl (C=O) groups is 1. The highest BCUT2D eigenvalue weighted by atomic mass is 35.5. The quantitative estimate of drug-likeness (QED) is 0.870. The molecule has 0 unspecified atom stereocenters. The molecule has 1 aromatic carbocycles. The van der Waals surface area contributed by atoms with E-state index in [1.165, 1.54) is 12.1 Å². The molecule has 2 rings (SSSR count). The van der Waals surface area contributed by atoms with E-state index in [0.29, 0.717) is 0 Å². The van der Waals surface area contributed by atoms with Crippen molar-refractivity contribution < 1.29 is 14.3 Å². The fourth-order valence-electron chi connectivity index (χ4n) is 1.19. The van der Waals surface area contributed by atoms with Gasteiger partial charge in [-0.15, -0.1) is 5.10 Å². The number of benzene rings is 1. The molecule has 0 saturated heterocycles. The zero-order valence-corrected chi connectivity index (χ0v) is 8.52. The first-order valence-electron chi connectivity index (χ1n) is 4.19. The molecule has 0 saturated carbocycles. The maximum atomic E-state index is 13.2. The van der Waals surface area contributed by atoms with Crippen molar-refractivity contribution in [2.45, 2.75) is 0 Å². The monoisotopic (exact) mass is 241 g/mol. The van der Waals surface area contributed by atoms with Crippen LogP contribution in [0.25, 0.3) is 5.69 Å². The van der Waals surface area contributed by atoms with E-state index in [-0.39, 0.29) is 16.4 Å². The van der Waals surface area contributed by atoms with Crippen molar-refractivity contribution in [1.82, 2.24) is 15.0 Å². The normalized spacial score (nSPS) is 10.4. The number of carboxylic acids is 1. The summed E-state index contributed by atoms with van der Waals surface area (Å²) in [5.74, 6) is -1.84. The van der Waals surface area contributed by atoms with E-state index in [1.54, 1.807) is 0 Å². The Morgan fingerprint density at radius 3 is 2.88 bits per heavy atom. The second-order valence-electron chi connectivity index (χ2n) is 2.93. The molecule has 0 aliphatic heterocycles. The second kappa shape index (κ2) is 3.90. The SMILES string of the molecule is O=C(O)c1cnnn1-c1ccc(Cl)c(F)c1. The number of carboxylic acid groups (broad SMARTS) is 1. The van der Waals surface area contributed by atoms with Gasteiger partial charge in [0.2, 0.25) is 0 Å². The van der Waals surface area contributed by atoms with Crippen LogP contribution in [0.15, 0.2) is 24.4 Å². The molecule has 0 amide bonds. The van der Waals surface area contributed by atoms with Crippen molar-refractivity contribution in [2.24, 2.45) is 0 Å². The van der Waals surface area contributed by atoms with Crippen LogP contribution >= 0.6 is 11.6 Å². The third kappa shape index (κ3) is 1.74. The molecule has 16 heavy (non-hydrogen) atoms. The molecule has 2 aromatic rings. The Morgan fingerprint density at radius 1 is 1.50 bits per heavy atom. The highest BCUT2D eigenvalue weighted by Crippen LogP contribution is 2.18. The first kappa shape index (κ1) is 10.6. The van der Waals surface area contributed by atoms with Crippen molar-refractivity contribution in [3.8, 4) is 5.69 Å². The van der Waals surface area contributed by atoms with Crippen LogP contribution in [0.3, 0.4) is 0 Å². The van der Waals surface area contributed by atoms with Crippen molar-refractivity contribution in [1.29, 1.82) is 0 Å². The van der Waals surface area contributed by atoms with Crippen LogP contribution in [-0.4, -0.2) is 26.1 Å². The molecule has 0 radical (unpaired) electrons. The summed E-state index contributed by atoms with van der Waals surface area (Å²) in [5.41, 5.74) is 0.0959. The molecule has 1 N–H and O–H groups in total. The average Bonchev–Trinajstić information content (AvgIpc) is 2.71. The third-order valence-corrected chi connectivity index (χ3v) is 2.22. The van der Waals surface area contributed by atoms with E-state index in [1.807, 2.05) is 0 Å². The Kier molecular flexibility index (Phi) is 2.57. The lowest BCUT2D eigenvalue weighted by Gasteiger charge is -2.03. The van der Waals surface area contributed by atoms with Crippen LogP contribution < -0.4 is 0 Å². The lowest BCUT2D eigenvalue weighted by Crippen LogP contribution is -2.08. The van der Waals surface area contributed by atoms with Crippen LogP contribution in [-0.2, 0) is 0 Å². The number of hydrogen-bond donors (Lipinski definition) is 1. The second-order valence-corrected chi connectivity index (χ2v) is 3.34. The Balaban J connectivity index is 2.54. The molecule has 0 aliphatic rings. The van der Waals surface area contributed by atoms with E-state index >= 15 is 0 Å². The average molecular weight is 242 g/mol. The molecule has 0 fully saturated rings. The summed E-state index contributed by atoms with van der Waals surface area (Å²) in [5, 5.41) is 15.8. The maximum Gasteiger partial charge on any atom is 0.356 e. The number of halogens is 2. The Bertz CT molecular complexity index is 555. The zero-order valence-electron chi connectivity index (χ0n) is 7.76. The first-order valence-corrected chi connectivity index (χ1v) is 4.57. The van der Waals surface area contributed by atoms with Gasteiger partial charge in [-0.2, -0.15) is 0 Å². The minimum Gasteiger partial charge on any atom is -0.476 e. The van der Waals surface area contributed by atoms with E-state index in [2.05, 4.69) is 10.3 Å². The summed E-state index contributed by atoms with van der Waals surface area (Å²) < 4.78 is 14.2. The van der Waals surface area contributed by atoms with E-state index in [0.717, 1.165) is 16.9 Å². The van der Waals surface area contributed by atoms with Crippen molar-refractivity contribution >= 4 is 17.6 Å². The molecule has 0 spiro atoms. The standard InChI is InChI=1S/C9H5ClFN3O2/c10-6-2-1-5(3-7(6)11)14-8(9(15)16)4-12-13-14/h1-4H,(H,15,16). The molecule has 82 valence electrons. The van der Waals surface area contributed by atoms with E-state index < -0.39 is 11.8 Å². The number of rotatable bonds is 2. The third-order valence-electron chi connectivity index (χ3n) is 1.92. The van der Waals surface area contributed by atoms with Gasteiger partial charge in [-0.25, -0.2) is 13.9 Å². The Hall–Kier alpha value is -1.95. The van der Waals surface area contributed by atoms with Gasteiger partial charge in [0.25, 0.3) is 0 Å². The van der Waals surface area contributed by atoms with Crippen molar-refractivity contribution in [2.75, 3.05) is 0 Å². The molecule has 0 aliphatic carbocycles. The summed E-state index contributed by atoms with van der Waals surface area (Å²) in [7, 11) is 0. The van der Waals surface area contributed by atoms with Gasteiger partial charge in [-0.05, 0) is 12.1 Å². The lowest BCUT2D eigenvalue weighted by atomic mass is 10.3. The molecule has 7 heteroatoms. The largest absolute Gasteiger partial charge is 0.476 e. The number of aromatic nitrogens is 3. The lowest BCUT2D eigenvalue weighted by molar-refractivity contribution is 0.0687. The molecular formula is C9H5ClFN3O2. The summed E-state index contributed by atoms with van der Waals surface area (Å²) in [6.45, 7) is 0. The van der Waals surface area contributed by atoms with Gasteiger partial charge in [0.1, 0.15) is 5.82 Å². The van der Waals surface area contributed by atoms with E-state index in [9.17, 15) is 9.18 Å². The minimum absolute atomic E-state index is 0.0410. The fourth-order valence-corrected chi connectivity index (χ4v) is 1.31. The predicted molar refractivity (Wildman–Crippen MR) is 53.3 cm³/mol. The van der Waals surface area contributed by atoms with Gasteiger partial charge in [-0.1, -0.05) is 16.8 Å². The highest BCUT2D eigenvalue weighted by Gasteiger charge is 2.13. The first-order chi connectivity index (χ1) is 7.59. The maximum absolute atomic E-state index is 13.2. The van der Waals surface area contributed by atoms with Gasteiger partial charge >= 0.3 is 5.97 Å². The zero-order chi connectivity index (χ0) is 11.7. The molecule has 5 nitrogen and oxygen atoms in total. The van der Waals surface area contributed by atoms with Crippen LogP contribution in [0, 0.1) is 5.82 Å². The molecule has 0 bridgehead atoms. The molecule has 1 aromatic heterocycles. The van der Waals surface area contributed by atoms with Crippen LogP contribution in [0.2, 0.25) is 5.02 Å². The number of nitrogens with zero attached hydrogens (tertiary/aromatic N) is 3. The minimum atomic E-state index is -1.19. The predicted octanol–water partition coefficient (Wildman–Crippen LogP) is 1.76. The highest BCUT2D eigenvalue weighted by molar-refractivity contribution is 6.30. The smallest absolute Gasteiger partial charge is 0.356 e. The number of hydrogen-bond acceptors (Lipinski definition) is 3. The summed E-state index contributed by atoms with van der Waals surface area (Å²) in [4.78, 5) is 10.8. The molecule has 0 atom stereocenters.